The third-order valence-electron chi connectivity index (χ3n) is 3.32. The van der Waals surface area contributed by atoms with Gasteiger partial charge in [-0.3, -0.25) is 4.79 Å². The molecule has 4 heteroatoms. The van der Waals surface area contributed by atoms with E-state index in [-0.39, 0.29) is 11.4 Å². The van der Waals surface area contributed by atoms with Gasteiger partial charge in [0, 0.05) is 24.2 Å². The van der Waals surface area contributed by atoms with Crippen LogP contribution in [0, 0.1) is 0 Å². The molecule has 1 amide bonds. The molecule has 0 atom stereocenters. The van der Waals surface area contributed by atoms with Crippen molar-refractivity contribution in [2.45, 2.75) is 25.9 Å². The summed E-state index contributed by atoms with van der Waals surface area (Å²) in [5, 5.41) is 2.95. The smallest absolute Gasteiger partial charge is 0.251 e. The zero-order valence-corrected chi connectivity index (χ0v) is 11.7. The fourth-order valence-electron chi connectivity index (χ4n) is 1.40. The van der Waals surface area contributed by atoms with Gasteiger partial charge >= 0.3 is 0 Å². The second-order valence-electron chi connectivity index (χ2n) is 5.29. The van der Waals surface area contributed by atoms with Gasteiger partial charge in [0.15, 0.2) is 0 Å². The minimum absolute atomic E-state index is 0.0553. The molecule has 0 saturated carbocycles. The Kier molecular flexibility index (Phi) is 4.87. The van der Waals surface area contributed by atoms with Gasteiger partial charge in [0.1, 0.15) is 0 Å². The number of carbonyl (C=O) groups is 1. The molecule has 0 aromatic heterocycles. The van der Waals surface area contributed by atoms with Crippen LogP contribution in [-0.4, -0.2) is 37.0 Å². The lowest BCUT2D eigenvalue weighted by Gasteiger charge is -2.32. The van der Waals surface area contributed by atoms with Gasteiger partial charge in [0.05, 0.1) is 0 Å². The molecule has 0 spiro atoms. The van der Waals surface area contributed by atoms with Crippen LogP contribution >= 0.6 is 0 Å². The molecule has 1 aromatic rings. The maximum Gasteiger partial charge on any atom is 0.251 e. The molecular formula is C14H23N3O. The molecule has 0 aliphatic heterocycles. The molecule has 0 aliphatic rings. The van der Waals surface area contributed by atoms with Crippen molar-refractivity contribution in [2.75, 3.05) is 20.6 Å². The third-order valence-corrected chi connectivity index (χ3v) is 3.32. The first-order chi connectivity index (χ1) is 8.36. The molecule has 0 fully saturated rings. The highest BCUT2D eigenvalue weighted by atomic mass is 16.1. The zero-order chi connectivity index (χ0) is 13.8. The molecule has 0 saturated heterocycles. The Balaban J connectivity index is 2.66. The highest BCUT2D eigenvalue weighted by Gasteiger charge is 2.21. The predicted octanol–water partition coefficient (Wildman–Crippen LogP) is 1.22. The van der Waals surface area contributed by atoms with Gasteiger partial charge in [-0.15, -0.1) is 0 Å². The van der Waals surface area contributed by atoms with Crippen LogP contribution in [0.5, 0.6) is 0 Å². The lowest BCUT2D eigenvalue weighted by molar-refractivity contribution is 0.0919. The summed E-state index contributed by atoms with van der Waals surface area (Å²) in [6.07, 6.45) is 0. The van der Waals surface area contributed by atoms with E-state index in [0.717, 1.165) is 5.56 Å². The number of hydrogen-bond acceptors (Lipinski definition) is 3. The summed E-state index contributed by atoms with van der Waals surface area (Å²) in [5.74, 6) is -0.0553. The maximum absolute atomic E-state index is 12.0. The topological polar surface area (TPSA) is 58.4 Å². The van der Waals surface area contributed by atoms with Crippen molar-refractivity contribution in [1.82, 2.24) is 10.2 Å². The number of rotatable bonds is 5. The fourth-order valence-corrected chi connectivity index (χ4v) is 1.40. The Hall–Kier alpha value is -1.39. The van der Waals surface area contributed by atoms with Crippen LogP contribution in [0.3, 0.4) is 0 Å². The van der Waals surface area contributed by atoms with Gasteiger partial charge in [-0.25, -0.2) is 0 Å². The molecule has 18 heavy (non-hydrogen) atoms. The van der Waals surface area contributed by atoms with Crippen LogP contribution in [0.2, 0.25) is 0 Å². The maximum atomic E-state index is 12.0. The lowest BCUT2D eigenvalue weighted by Crippen LogP contribution is -2.48. The summed E-state index contributed by atoms with van der Waals surface area (Å²) in [5.41, 5.74) is 7.12. The van der Waals surface area contributed by atoms with Crippen molar-refractivity contribution in [3.63, 3.8) is 0 Å². The van der Waals surface area contributed by atoms with Gasteiger partial charge in [0.25, 0.3) is 5.91 Å². The molecule has 1 rings (SSSR count). The average Bonchev–Trinajstić information content (AvgIpc) is 2.36. The quantitative estimate of drug-likeness (QED) is 0.825. The second kappa shape index (κ2) is 5.98. The fraction of sp³-hybridized carbons (Fsp3) is 0.500. The molecule has 1 aromatic carbocycles. The van der Waals surface area contributed by atoms with Crippen LogP contribution in [0.4, 0.5) is 0 Å². The Labute approximate surface area is 109 Å². The van der Waals surface area contributed by atoms with E-state index in [0.29, 0.717) is 18.7 Å². The van der Waals surface area contributed by atoms with E-state index in [4.69, 9.17) is 5.73 Å². The number of nitrogens with two attached hydrogens (primary N) is 1. The van der Waals surface area contributed by atoms with Crippen LogP contribution in [0.15, 0.2) is 24.3 Å². The van der Waals surface area contributed by atoms with Gasteiger partial charge in [-0.05, 0) is 45.6 Å². The number of hydrogen-bond donors (Lipinski definition) is 2. The van der Waals surface area contributed by atoms with Crippen LogP contribution in [-0.2, 0) is 6.54 Å². The highest BCUT2D eigenvalue weighted by molar-refractivity contribution is 5.94. The molecule has 3 N–H and O–H groups in total. The summed E-state index contributed by atoms with van der Waals surface area (Å²) < 4.78 is 0. The number of carbonyl (C=O) groups excluding carboxylic acids is 1. The average molecular weight is 249 g/mol. The summed E-state index contributed by atoms with van der Waals surface area (Å²) in [6, 6.07) is 7.41. The summed E-state index contributed by atoms with van der Waals surface area (Å²) in [6.45, 7) is 5.23. The minimum Gasteiger partial charge on any atom is -0.350 e. The van der Waals surface area contributed by atoms with E-state index in [1.807, 2.05) is 32.3 Å². The monoisotopic (exact) mass is 249 g/mol. The Morgan fingerprint density at radius 2 is 2.06 bits per heavy atom. The first-order valence-electron chi connectivity index (χ1n) is 6.11. The Morgan fingerprint density at radius 3 is 2.61 bits per heavy atom. The Morgan fingerprint density at radius 1 is 1.39 bits per heavy atom. The Bertz CT molecular complexity index is 413. The van der Waals surface area contributed by atoms with Crippen LogP contribution in [0.1, 0.15) is 29.8 Å². The molecular weight excluding hydrogens is 226 g/mol. The van der Waals surface area contributed by atoms with Crippen LogP contribution < -0.4 is 11.1 Å². The molecule has 0 aliphatic carbocycles. The van der Waals surface area contributed by atoms with E-state index >= 15 is 0 Å². The van der Waals surface area contributed by atoms with E-state index in [9.17, 15) is 4.79 Å². The SMILES string of the molecule is CN(C)C(C)(C)CNC(=O)c1cccc(CN)c1. The van der Waals surface area contributed by atoms with Gasteiger partial charge in [-0.2, -0.15) is 0 Å². The van der Waals surface area contributed by atoms with E-state index in [1.54, 1.807) is 6.07 Å². The zero-order valence-electron chi connectivity index (χ0n) is 11.7. The van der Waals surface area contributed by atoms with Crippen LogP contribution in [0.25, 0.3) is 0 Å². The van der Waals surface area contributed by atoms with Crippen molar-refractivity contribution in [3.05, 3.63) is 35.4 Å². The molecule has 0 unspecified atom stereocenters. The van der Waals surface area contributed by atoms with Gasteiger partial charge < -0.3 is 16.0 Å². The highest BCUT2D eigenvalue weighted by Crippen LogP contribution is 2.09. The van der Waals surface area contributed by atoms with Crippen molar-refractivity contribution >= 4 is 5.91 Å². The summed E-state index contributed by atoms with van der Waals surface area (Å²) in [7, 11) is 4.00. The van der Waals surface area contributed by atoms with Crippen molar-refractivity contribution in [3.8, 4) is 0 Å². The van der Waals surface area contributed by atoms with Gasteiger partial charge in [-0.1, -0.05) is 12.1 Å². The van der Waals surface area contributed by atoms with E-state index in [2.05, 4.69) is 24.1 Å². The number of nitrogens with zero attached hydrogens (tertiary/aromatic N) is 1. The lowest BCUT2D eigenvalue weighted by atomic mass is 10.0. The van der Waals surface area contributed by atoms with Gasteiger partial charge in [0.2, 0.25) is 0 Å². The van der Waals surface area contributed by atoms with Crippen molar-refractivity contribution < 1.29 is 4.79 Å². The van der Waals surface area contributed by atoms with Crippen molar-refractivity contribution in [2.24, 2.45) is 5.73 Å². The molecule has 4 nitrogen and oxygen atoms in total. The number of amides is 1. The van der Waals surface area contributed by atoms with Crippen molar-refractivity contribution in [1.29, 1.82) is 0 Å². The molecule has 0 radical (unpaired) electrons. The minimum atomic E-state index is -0.0683. The van der Waals surface area contributed by atoms with E-state index < -0.39 is 0 Å². The summed E-state index contributed by atoms with van der Waals surface area (Å²) >= 11 is 0. The predicted molar refractivity (Wildman–Crippen MR) is 74.4 cm³/mol. The first-order valence-corrected chi connectivity index (χ1v) is 6.11. The number of benzene rings is 1. The standard InChI is InChI=1S/C14H23N3O/c1-14(2,17(3)4)10-16-13(18)12-7-5-6-11(8-12)9-15/h5-8H,9-10,15H2,1-4H3,(H,16,18). The normalized spacial score (nSPS) is 11.7. The number of likely N-dealkylation sites (N-methyl/N-ethyl adjacent to an activating group) is 1. The second-order valence-corrected chi connectivity index (χ2v) is 5.29. The molecule has 100 valence electrons. The number of nitrogens with one attached hydrogen (secondary N) is 1. The largest absolute Gasteiger partial charge is 0.350 e. The molecule has 0 bridgehead atoms. The summed E-state index contributed by atoms with van der Waals surface area (Å²) in [4.78, 5) is 14.1. The van der Waals surface area contributed by atoms with E-state index in [1.165, 1.54) is 0 Å². The first kappa shape index (κ1) is 14.7. The third kappa shape index (κ3) is 3.82. The molecule has 0 heterocycles.